The molecular weight excluding hydrogens is 534 g/mol. The van der Waals surface area contributed by atoms with Crippen LogP contribution in [0.2, 0.25) is 10.0 Å². The molecule has 1 aromatic heterocycles. The molecule has 0 amide bonds. The largest absolute Gasteiger partial charge is 0.435 e. The van der Waals surface area contributed by atoms with Gasteiger partial charge in [0, 0.05) is 34.9 Å². The van der Waals surface area contributed by atoms with Crippen LogP contribution in [-0.4, -0.2) is 23.5 Å². The maximum Gasteiger partial charge on any atom is 0.435 e. The van der Waals surface area contributed by atoms with Crippen molar-refractivity contribution in [2.45, 2.75) is 76.0 Å². The normalized spacial score (nSPS) is 22.8. The Balaban J connectivity index is 1.47. The van der Waals surface area contributed by atoms with E-state index in [2.05, 4.69) is 5.16 Å². The number of fused-ring (bicyclic) bond motifs is 1. The van der Waals surface area contributed by atoms with Gasteiger partial charge in [-0.2, -0.15) is 13.2 Å². The van der Waals surface area contributed by atoms with E-state index in [0.717, 1.165) is 30.4 Å². The van der Waals surface area contributed by atoms with Crippen molar-refractivity contribution in [2.75, 3.05) is 0 Å². The molecule has 2 aromatic rings. The summed E-state index contributed by atoms with van der Waals surface area (Å²) < 4.78 is 43.4. The third kappa shape index (κ3) is 4.72. The Kier molecular flexibility index (Phi) is 6.98. The maximum atomic E-state index is 14.5. The lowest BCUT2D eigenvalue weighted by atomic mass is 9.83. The van der Waals surface area contributed by atoms with Gasteiger partial charge in [-0.1, -0.05) is 28.4 Å². The number of hydrogen-bond donors (Lipinski definition) is 0. The summed E-state index contributed by atoms with van der Waals surface area (Å²) in [6, 6.07) is 3.77. The van der Waals surface area contributed by atoms with Crippen molar-refractivity contribution in [3.05, 3.63) is 54.7 Å². The highest BCUT2D eigenvalue weighted by atomic mass is 35.5. The number of rotatable bonds is 5. The van der Waals surface area contributed by atoms with Gasteiger partial charge in [0.15, 0.2) is 5.78 Å². The minimum absolute atomic E-state index is 0.00646. The second-order valence-corrected chi connectivity index (χ2v) is 11.7. The van der Waals surface area contributed by atoms with Crippen LogP contribution in [-0.2, 0) is 28.1 Å². The molecule has 0 N–H and O–H groups in total. The van der Waals surface area contributed by atoms with Crippen molar-refractivity contribution < 1.29 is 27.6 Å². The summed E-state index contributed by atoms with van der Waals surface area (Å²) in [5.41, 5.74) is -0.871. The van der Waals surface area contributed by atoms with Crippen LogP contribution in [0, 0.1) is 5.92 Å². The van der Waals surface area contributed by atoms with Gasteiger partial charge in [0.05, 0.1) is 16.2 Å². The first-order valence-corrected chi connectivity index (χ1v) is 13.6. The van der Waals surface area contributed by atoms with E-state index in [0.29, 0.717) is 48.3 Å². The number of carbonyl (C=O) groups is 2. The van der Waals surface area contributed by atoms with Gasteiger partial charge >= 0.3 is 6.18 Å². The lowest BCUT2D eigenvalue weighted by Crippen LogP contribution is -2.42. The van der Waals surface area contributed by atoms with Gasteiger partial charge in [0.25, 0.3) is 5.60 Å². The number of hydrogen-bond acceptors (Lipinski definition) is 5. The fourth-order valence-corrected chi connectivity index (χ4v) is 7.31. The average Bonchev–Trinajstić information content (AvgIpc) is 3.43. The Labute approximate surface area is 220 Å². The summed E-state index contributed by atoms with van der Waals surface area (Å²) in [5.74, 6) is 0.410. The van der Waals surface area contributed by atoms with Crippen molar-refractivity contribution in [3.63, 3.8) is 0 Å². The van der Waals surface area contributed by atoms with E-state index >= 15 is 0 Å². The Morgan fingerprint density at radius 1 is 1.06 bits per heavy atom. The molecule has 36 heavy (non-hydrogen) atoms. The van der Waals surface area contributed by atoms with E-state index in [9.17, 15) is 22.8 Å². The maximum absolute atomic E-state index is 14.5. The van der Waals surface area contributed by atoms with Crippen LogP contribution in [0.3, 0.4) is 0 Å². The molecule has 2 aliphatic carbocycles. The standard InChI is InChI=1S/C26H24Cl2F3NO3S/c27-16-10-15(11-17(28)12-16)25(26(29,30)31)13-21(32-35-25)23-19-3-1-2-4-20(19)24(36-23)22(34)9-14-5-7-18(33)8-6-14/h10-12,14H,1-9,13H2. The van der Waals surface area contributed by atoms with Gasteiger partial charge in [-0.05, 0) is 73.8 Å². The lowest BCUT2D eigenvalue weighted by Gasteiger charge is -2.29. The minimum atomic E-state index is -4.78. The zero-order chi connectivity index (χ0) is 25.7. The third-order valence-electron chi connectivity index (χ3n) is 7.39. The molecule has 3 aliphatic rings. The van der Waals surface area contributed by atoms with Gasteiger partial charge in [-0.3, -0.25) is 9.59 Å². The molecule has 4 nitrogen and oxygen atoms in total. The predicted molar refractivity (Wildman–Crippen MR) is 133 cm³/mol. The molecule has 1 fully saturated rings. The predicted octanol–water partition coefficient (Wildman–Crippen LogP) is 7.85. The van der Waals surface area contributed by atoms with Gasteiger partial charge in [0.2, 0.25) is 0 Å². The summed E-state index contributed by atoms with van der Waals surface area (Å²) in [7, 11) is 0. The zero-order valence-electron chi connectivity index (χ0n) is 19.4. The van der Waals surface area contributed by atoms with Crippen LogP contribution in [0.25, 0.3) is 0 Å². The number of carbonyl (C=O) groups excluding carboxylic acids is 2. The van der Waals surface area contributed by atoms with Crippen molar-refractivity contribution in [1.29, 1.82) is 0 Å². The van der Waals surface area contributed by atoms with Crippen LogP contribution < -0.4 is 0 Å². The summed E-state index contributed by atoms with van der Waals surface area (Å²) in [6.45, 7) is 0. The summed E-state index contributed by atoms with van der Waals surface area (Å²) in [4.78, 5) is 31.3. The Hall–Kier alpha value is -1.90. The number of Topliss-reactive ketones (excluding diaryl/α,β-unsaturated/α-hetero) is 2. The minimum Gasteiger partial charge on any atom is -0.374 e. The van der Waals surface area contributed by atoms with Gasteiger partial charge in [-0.15, -0.1) is 11.3 Å². The molecule has 0 saturated heterocycles. The van der Waals surface area contributed by atoms with Gasteiger partial charge in [0.1, 0.15) is 11.5 Å². The molecule has 10 heteroatoms. The van der Waals surface area contributed by atoms with Gasteiger partial charge < -0.3 is 4.84 Å². The van der Waals surface area contributed by atoms with E-state index in [1.165, 1.54) is 29.5 Å². The topological polar surface area (TPSA) is 55.7 Å². The Morgan fingerprint density at radius 2 is 1.69 bits per heavy atom. The van der Waals surface area contributed by atoms with Crippen LogP contribution in [0.5, 0.6) is 0 Å². The molecule has 1 aromatic carbocycles. The molecule has 192 valence electrons. The highest BCUT2D eigenvalue weighted by Gasteiger charge is 2.62. The molecule has 0 bridgehead atoms. The number of alkyl halides is 3. The lowest BCUT2D eigenvalue weighted by molar-refractivity contribution is -0.275. The monoisotopic (exact) mass is 557 g/mol. The van der Waals surface area contributed by atoms with E-state index in [-0.39, 0.29) is 38.8 Å². The number of thiophene rings is 1. The second kappa shape index (κ2) is 9.76. The van der Waals surface area contributed by atoms with Crippen molar-refractivity contribution in [3.8, 4) is 0 Å². The van der Waals surface area contributed by atoms with Crippen LogP contribution in [0.15, 0.2) is 23.4 Å². The summed E-state index contributed by atoms with van der Waals surface area (Å²) >= 11 is 13.3. The second-order valence-electron chi connectivity index (χ2n) is 9.82. The molecule has 1 saturated carbocycles. The molecule has 1 unspecified atom stereocenters. The van der Waals surface area contributed by atoms with E-state index < -0.39 is 18.2 Å². The number of benzene rings is 1. The molecule has 2 heterocycles. The van der Waals surface area contributed by atoms with E-state index in [1.54, 1.807) is 0 Å². The molecule has 0 spiro atoms. The number of oxime groups is 1. The van der Waals surface area contributed by atoms with Crippen LogP contribution in [0.4, 0.5) is 13.2 Å². The van der Waals surface area contributed by atoms with E-state index in [4.69, 9.17) is 28.0 Å². The highest BCUT2D eigenvalue weighted by molar-refractivity contribution is 7.16. The number of ketones is 2. The van der Waals surface area contributed by atoms with Crippen LogP contribution >= 0.6 is 34.5 Å². The molecule has 1 aliphatic heterocycles. The first-order valence-electron chi connectivity index (χ1n) is 12.1. The molecule has 1 atom stereocenters. The first kappa shape index (κ1) is 25.7. The van der Waals surface area contributed by atoms with Crippen molar-refractivity contribution in [1.82, 2.24) is 0 Å². The molecular formula is C26H24Cl2F3NO3S. The SMILES string of the molecule is O=C1CCC(CC(=O)c2sc(C3=NOC(c4cc(Cl)cc(Cl)c4)(C(F)(F)F)C3)c3c2CCCC3)CC1. The zero-order valence-corrected chi connectivity index (χ0v) is 21.7. The molecule has 0 radical (unpaired) electrons. The number of nitrogens with zero attached hydrogens (tertiary/aromatic N) is 1. The van der Waals surface area contributed by atoms with Crippen molar-refractivity contribution >= 4 is 51.8 Å². The Morgan fingerprint density at radius 3 is 2.33 bits per heavy atom. The van der Waals surface area contributed by atoms with E-state index in [1.807, 2.05) is 0 Å². The fourth-order valence-electron chi connectivity index (χ4n) is 5.46. The Bertz CT molecular complexity index is 1230. The number of halogens is 5. The third-order valence-corrected chi connectivity index (χ3v) is 9.19. The fraction of sp³-hybridized carbons (Fsp3) is 0.500. The van der Waals surface area contributed by atoms with Gasteiger partial charge in [-0.25, -0.2) is 0 Å². The quantitative estimate of drug-likeness (QED) is 0.351. The average molecular weight is 558 g/mol. The smallest absolute Gasteiger partial charge is 0.374 e. The summed E-state index contributed by atoms with van der Waals surface area (Å²) in [5, 5.41) is 4.08. The highest BCUT2D eigenvalue weighted by Crippen LogP contribution is 2.51. The first-order chi connectivity index (χ1) is 17.1. The van der Waals surface area contributed by atoms with Crippen molar-refractivity contribution in [2.24, 2.45) is 11.1 Å². The molecule has 5 rings (SSSR count). The summed E-state index contributed by atoms with van der Waals surface area (Å²) in [6.07, 6.45) is 0.722. The van der Waals surface area contributed by atoms with Crippen LogP contribution in [0.1, 0.15) is 82.6 Å².